The summed E-state index contributed by atoms with van der Waals surface area (Å²) < 4.78 is 0. The number of nitrogens with zero attached hydrogens (tertiary/aromatic N) is 2. The number of aliphatic hydroxyl groups excluding tert-OH is 1. The number of amides is 3. The van der Waals surface area contributed by atoms with Crippen molar-refractivity contribution in [1.82, 2.24) is 20.4 Å². The number of carbonyl (C=O) groups is 3. The number of aliphatic hydroxyl groups is 1. The van der Waals surface area contributed by atoms with Crippen LogP contribution in [0.2, 0.25) is 0 Å². The molecule has 3 rings (SSSR count). The fourth-order valence-electron chi connectivity index (χ4n) is 4.94. The minimum absolute atomic E-state index is 0.0921. The average Bonchev–Trinajstić information content (AvgIpc) is 3.04. The third-order valence-corrected chi connectivity index (χ3v) is 8.47. The Hall–Kier alpha value is -4.01. The van der Waals surface area contributed by atoms with Crippen LogP contribution in [0.5, 0.6) is 0 Å². The largest absolute Gasteiger partial charge is 0.396 e. The molecule has 3 N–H and O–H groups in total. The molecule has 0 bridgehead atoms. The molecule has 0 saturated carbocycles. The summed E-state index contributed by atoms with van der Waals surface area (Å²) in [4.78, 5) is 44.5. The number of hydrogen-bond acceptors (Lipinski definition) is 5. The molecule has 0 fully saturated rings. The first-order valence-corrected chi connectivity index (χ1v) is 15.6. The summed E-state index contributed by atoms with van der Waals surface area (Å²) in [6.45, 7) is 7.98. The molecule has 8 nitrogen and oxygen atoms in total. The lowest BCUT2D eigenvalue weighted by Crippen LogP contribution is -2.56. The van der Waals surface area contributed by atoms with E-state index in [4.69, 9.17) is 0 Å². The zero-order valence-corrected chi connectivity index (χ0v) is 27.8. The number of nitrogens with one attached hydrogen (secondary N) is 2. The van der Waals surface area contributed by atoms with Crippen molar-refractivity contribution in [2.75, 3.05) is 34.3 Å². The van der Waals surface area contributed by atoms with Gasteiger partial charge >= 0.3 is 0 Å². The Labute approximate surface area is 268 Å². The molecule has 0 aliphatic carbocycles. The van der Waals surface area contributed by atoms with Crippen LogP contribution >= 0.6 is 0 Å². The van der Waals surface area contributed by atoms with Crippen molar-refractivity contribution in [1.29, 1.82) is 0 Å². The second kappa shape index (κ2) is 15.8. The molecule has 2 atom stereocenters. The average molecular weight is 615 g/mol. The van der Waals surface area contributed by atoms with Gasteiger partial charge in [0.1, 0.15) is 12.1 Å². The van der Waals surface area contributed by atoms with Crippen molar-refractivity contribution in [2.24, 2.45) is 5.41 Å². The van der Waals surface area contributed by atoms with E-state index in [9.17, 15) is 19.5 Å². The van der Waals surface area contributed by atoms with Crippen LogP contribution in [-0.4, -0.2) is 84.5 Å². The molecule has 242 valence electrons. The smallest absolute Gasteiger partial charge is 0.246 e. The number of fused-ring (bicyclic) bond motifs is 1. The molecule has 0 aromatic heterocycles. The standard InChI is InChI=1S/C37H50N4O4/c1-36(2,26-42)25-39-34(44)31(23-27-14-9-8-10-15-27)41(7)35(45)32(40(6)33(43)18-13-21-37(3,4)38-5)24-28-19-20-29-16-11-12-17-30(29)22-28/h8-20,22,31-32,38,42H,21,23-26H2,1-7H3,(H,39,44)/t31-,32-/m1/s1. The molecule has 0 spiro atoms. The van der Waals surface area contributed by atoms with Crippen LogP contribution in [0.1, 0.15) is 45.2 Å². The van der Waals surface area contributed by atoms with Crippen LogP contribution in [0.3, 0.4) is 0 Å². The first-order chi connectivity index (χ1) is 21.3. The molecular formula is C37H50N4O4. The van der Waals surface area contributed by atoms with Gasteiger partial charge in [-0.1, -0.05) is 92.7 Å². The van der Waals surface area contributed by atoms with Gasteiger partial charge in [-0.3, -0.25) is 14.4 Å². The predicted molar refractivity (Wildman–Crippen MR) is 182 cm³/mol. The number of rotatable bonds is 15. The summed E-state index contributed by atoms with van der Waals surface area (Å²) in [5, 5.41) is 18.0. The third-order valence-electron chi connectivity index (χ3n) is 8.47. The molecule has 3 aromatic carbocycles. The predicted octanol–water partition coefficient (Wildman–Crippen LogP) is 4.36. The van der Waals surface area contributed by atoms with E-state index in [0.29, 0.717) is 12.8 Å². The van der Waals surface area contributed by atoms with Gasteiger partial charge in [-0.2, -0.15) is 0 Å². The molecule has 8 heteroatoms. The van der Waals surface area contributed by atoms with E-state index in [0.717, 1.165) is 21.9 Å². The lowest BCUT2D eigenvalue weighted by atomic mass is 9.94. The SMILES string of the molecule is CNC(C)(C)CC=CC(=O)N(C)[C@H](Cc1ccc2ccccc2c1)C(=O)N(C)[C@H](Cc1ccccc1)C(=O)NCC(C)(C)CO. The molecule has 0 radical (unpaired) electrons. The fraction of sp³-hybridized carbons (Fsp3) is 0.432. The van der Waals surface area contributed by atoms with Crippen LogP contribution in [0.25, 0.3) is 10.8 Å². The maximum atomic E-state index is 14.4. The molecule has 45 heavy (non-hydrogen) atoms. The highest BCUT2D eigenvalue weighted by Gasteiger charge is 2.35. The Morgan fingerprint density at radius 1 is 0.822 bits per heavy atom. The van der Waals surface area contributed by atoms with Crippen molar-refractivity contribution >= 4 is 28.5 Å². The topological polar surface area (TPSA) is 102 Å². The Balaban J connectivity index is 1.96. The van der Waals surface area contributed by atoms with Gasteiger partial charge in [0, 0.05) is 51.0 Å². The fourth-order valence-corrected chi connectivity index (χ4v) is 4.94. The zero-order chi connectivity index (χ0) is 33.2. The lowest BCUT2D eigenvalue weighted by molar-refractivity contribution is -0.146. The summed E-state index contributed by atoms with van der Waals surface area (Å²) >= 11 is 0. The van der Waals surface area contributed by atoms with Gasteiger partial charge in [0.2, 0.25) is 17.7 Å². The second-order valence-corrected chi connectivity index (χ2v) is 13.3. The van der Waals surface area contributed by atoms with E-state index in [1.54, 1.807) is 14.1 Å². The summed E-state index contributed by atoms with van der Waals surface area (Å²) in [5.41, 5.74) is 1.12. The highest BCUT2D eigenvalue weighted by molar-refractivity contribution is 5.95. The molecular weight excluding hydrogens is 564 g/mol. The van der Waals surface area contributed by atoms with Crippen molar-refractivity contribution in [2.45, 2.75) is 64.6 Å². The lowest BCUT2D eigenvalue weighted by Gasteiger charge is -2.35. The Bertz CT molecular complexity index is 1470. The number of likely N-dealkylation sites (N-methyl/N-ethyl adjacent to an activating group) is 2. The maximum Gasteiger partial charge on any atom is 0.246 e. The van der Waals surface area contributed by atoms with E-state index in [2.05, 4.69) is 10.6 Å². The van der Waals surface area contributed by atoms with Crippen LogP contribution in [-0.2, 0) is 27.2 Å². The van der Waals surface area contributed by atoms with Gasteiger partial charge in [-0.05, 0) is 55.3 Å². The van der Waals surface area contributed by atoms with Crippen molar-refractivity contribution in [3.05, 3.63) is 96.1 Å². The van der Waals surface area contributed by atoms with Crippen LogP contribution in [0.15, 0.2) is 84.9 Å². The third kappa shape index (κ3) is 10.3. The minimum atomic E-state index is -0.856. The van der Waals surface area contributed by atoms with Gasteiger partial charge in [-0.25, -0.2) is 0 Å². The van der Waals surface area contributed by atoms with E-state index in [-0.39, 0.29) is 42.8 Å². The van der Waals surface area contributed by atoms with E-state index in [1.165, 1.54) is 15.9 Å². The molecule has 0 aliphatic rings. The van der Waals surface area contributed by atoms with Crippen molar-refractivity contribution in [3.63, 3.8) is 0 Å². The number of benzene rings is 3. The first-order valence-electron chi connectivity index (χ1n) is 15.6. The Kier molecular flexibility index (Phi) is 12.5. The number of hydrogen-bond donors (Lipinski definition) is 3. The normalized spacial score (nSPS) is 13.4. The van der Waals surface area contributed by atoms with E-state index < -0.39 is 17.5 Å². The van der Waals surface area contributed by atoms with Crippen LogP contribution in [0.4, 0.5) is 0 Å². The van der Waals surface area contributed by atoms with Gasteiger partial charge in [-0.15, -0.1) is 0 Å². The van der Waals surface area contributed by atoms with Gasteiger partial charge < -0.3 is 25.5 Å². The second-order valence-electron chi connectivity index (χ2n) is 13.3. The summed E-state index contributed by atoms with van der Waals surface area (Å²) in [7, 11) is 5.15. The zero-order valence-electron chi connectivity index (χ0n) is 27.8. The monoisotopic (exact) mass is 614 g/mol. The van der Waals surface area contributed by atoms with Crippen LogP contribution in [0, 0.1) is 5.41 Å². The summed E-state index contributed by atoms with van der Waals surface area (Å²) in [6.07, 6.45) is 4.56. The molecule has 0 aliphatic heterocycles. The number of carbonyl (C=O) groups excluding carboxylic acids is 3. The Morgan fingerprint density at radius 2 is 1.44 bits per heavy atom. The Morgan fingerprint density at radius 3 is 2.09 bits per heavy atom. The molecule has 0 heterocycles. The highest BCUT2D eigenvalue weighted by atomic mass is 16.3. The van der Waals surface area contributed by atoms with Crippen molar-refractivity contribution in [3.8, 4) is 0 Å². The van der Waals surface area contributed by atoms with Crippen molar-refractivity contribution < 1.29 is 19.5 Å². The minimum Gasteiger partial charge on any atom is -0.396 e. The van der Waals surface area contributed by atoms with Gasteiger partial charge in [0.15, 0.2) is 0 Å². The van der Waals surface area contributed by atoms with Crippen LogP contribution < -0.4 is 10.6 Å². The highest BCUT2D eigenvalue weighted by Crippen LogP contribution is 2.21. The summed E-state index contributed by atoms with van der Waals surface area (Å²) in [5.74, 6) is -0.937. The van der Waals surface area contributed by atoms with E-state index >= 15 is 0 Å². The maximum absolute atomic E-state index is 14.4. The summed E-state index contributed by atoms with van der Waals surface area (Å²) in [6, 6.07) is 21.9. The molecule has 3 aromatic rings. The molecule has 0 unspecified atom stereocenters. The van der Waals surface area contributed by atoms with E-state index in [1.807, 2.05) is 114 Å². The first kappa shape index (κ1) is 35.5. The quantitative estimate of drug-likeness (QED) is 0.221. The van der Waals surface area contributed by atoms with Gasteiger partial charge in [0.25, 0.3) is 0 Å². The van der Waals surface area contributed by atoms with Gasteiger partial charge in [0.05, 0.1) is 0 Å². The molecule has 3 amide bonds. The molecule has 0 saturated heterocycles.